The Balaban J connectivity index is 2.05. The Kier molecular flexibility index (Phi) is 5.06. The second kappa shape index (κ2) is 6.81. The lowest BCUT2D eigenvalue weighted by atomic mass is 10.0. The lowest BCUT2D eigenvalue weighted by molar-refractivity contribution is -0.148. The zero-order valence-electron chi connectivity index (χ0n) is 13.3. The van der Waals surface area contributed by atoms with E-state index in [0.29, 0.717) is 24.6 Å². The number of rotatable bonds is 5. The number of likely N-dealkylation sites (tertiary alicyclic amines) is 1. The van der Waals surface area contributed by atoms with Crippen LogP contribution in [0, 0.1) is 6.92 Å². The number of hydrogen-bond donors (Lipinski definition) is 1. The van der Waals surface area contributed by atoms with E-state index in [0.717, 1.165) is 17.5 Å². The standard InChI is InChI=1S/C17H23NO4/c1-11(2)13-7-6-12(3)9-15(13)22-10-16(19)18-8-4-5-14(18)17(20)21/h6-7,9,11,14H,4-5,8,10H2,1-3H3,(H,20,21)/t14-/m0/s1. The molecule has 5 heteroatoms. The van der Waals surface area contributed by atoms with E-state index < -0.39 is 12.0 Å². The van der Waals surface area contributed by atoms with Crippen molar-refractivity contribution >= 4 is 11.9 Å². The van der Waals surface area contributed by atoms with Gasteiger partial charge in [0.1, 0.15) is 11.8 Å². The smallest absolute Gasteiger partial charge is 0.326 e. The molecule has 0 aliphatic carbocycles. The fourth-order valence-electron chi connectivity index (χ4n) is 2.79. The molecule has 0 unspecified atom stereocenters. The summed E-state index contributed by atoms with van der Waals surface area (Å²) >= 11 is 0. The molecule has 1 N–H and O–H groups in total. The summed E-state index contributed by atoms with van der Waals surface area (Å²) in [7, 11) is 0. The molecule has 0 bridgehead atoms. The van der Waals surface area contributed by atoms with Gasteiger partial charge in [0.2, 0.25) is 0 Å². The summed E-state index contributed by atoms with van der Waals surface area (Å²) in [6, 6.07) is 5.24. The molecular weight excluding hydrogens is 282 g/mol. The van der Waals surface area contributed by atoms with Gasteiger partial charge >= 0.3 is 5.97 Å². The van der Waals surface area contributed by atoms with Crippen molar-refractivity contribution in [1.29, 1.82) is 0 Å². The first-order chi connectivity index (χ1) is 10.4. The highest BCUT2D eigenvalue weighted by atomic mass is 16.5. The van der Waals surface area contributed by atoms with Crippen LogP contribution in [0.25, 0.3) is 0 Å². The number of aryl methyl sites for hydroxylation is 1. The number of hydrogen-bond acceptors (Lipinski definition) is 3. The number of amides is 1. The summed E-state index contributed by atoms with van der Waals surface area (Å²) in [5.74, 6) is -0.205. The Morgan fingerprint density at radius 3 is 2.77 bits per heavy atom. The fraction of sp³-hybridized carbons (Fsp3) is 0.529. The van der Waals surface area contributed by atoms with Crippen LogP contribution in [-0.4, -0.2) is 41.1 Å². The highest BCUT2D eigenvalue weighted by Gasteiger charge is 2.34. The predicted octanol–water partition coefficient (Wildman–Crippen LogP) is 2.57. The first-order valence-electron chi connectivity index (χ1n) is 7.65. The SMILES string of the molecule is Cc1ccc(C(C)C)c(OCC(=O)N2CCC[C@H]2C(=O)O)c1. The first-order valence-corrected chi connectivity index (χ1v) is 7.65. The van der Waals surface area contributed by atoms with E-state index in [1.165, 1.54) is 4.90 Å². The number of aliphatic carboxylic acids is 1. The van der Waals surface area contributed by atoms with E-state index in [1.807, 2.05) is 25.1 Å². The largest absolute Gasteiger partial charge is 0.483 e. The van der Waals surface area contributed by atoms with E-state index in [4.69, 9.17) is 9.84 Å². The molecule has 0 radical (unpaired) electrons. The fourth-order valence-corrected chi connectivity index (χ4v) is 2.79. The van der Waals surface area contributed by atoms with Gasteiger partial charge in [-0.3, -0.25) is 4.79 Å². The van der Waals surface area contributed by atoms with Crippen molar-refractivity contribution in [3.8, 4) is 5.75 Å². The minimum Gasteiger partial charge on any atom is -0.483 e. The number of carboxylic acids is 1. The van der Waals surface area contributed by atoms with Crippen LogP contribution in [0.2, 0.25) is 0 Å². The molecule has 1 fully saturated rings. The zero-order chi connectivity index (χ0) is 16.3. The van der Waals surface area contributed by atoms with Crippen LogP contribution in [-0.2, 0) is 9.59 Å². The van der Waals surface area contributed by atoms with Gasteiger partial charge < -0.3 is 14.7 Å². The van der Waals surface area contributed by atoms with Crippen molar-refractivity contribution in [2.75, 3.05) is 13.2 Å². The Morgan fingerprint density at radius 2 is 2.14 bits per heavy atom. The molecule has 0 saturated carbocycles. The van der Waals surface area contributed by atoms with Crippen LogP contribution < -0.4 is 4.74 Å². The average molecular weight is 305 g/mol. The van der Waals surface area contributed by atoms with Gasteiger partial charge in [0, 0.05) is 6.54 Å². The first kappa shape index (κ1) is 16.3. The maximum Gasteiger partial charge on any atom is 0.326 e. The number of benzene rings is 1. The molecule has 1 aromatic carbocycles. The van der Waals surface area contributed by atoms with Crippen molar-refractivity contribution in [2.45, 2.75) is 45.6 Å². The maximum atomic E-state index is 12.2. The monoisotopic (exact) mass is 305 g/mol. The van der Waals surface area contributed by atoms with Gasteiger partial charge in [-0.05, 0) is 42.9 Å². The lowest BCUT2D eigenvalue weighted by Crippen LogP contribution is -2.42. The number of nitrogens with zero attached hydrogens (tertiary/aromatic N) is 1. The third-order valence-electron chi connectivity index (χ3n) is 4.00. The Morgan fingerprint density at radius 1 is 1.41 bits per heavy atom. The van der Waals surface area contributed by atoms with Crippen molar-refractivity contribution in [3.63, 3.8) is 0 Å². The molecule has 5 nitrogen and oxygen atoms in total. The molecule has 1 aliphatic heterocycles. The van der Waals surface area contributed by atoms with Crippen molar-refractivity contribution in [2.24, 2.45) is 0 Å². The van der Waals surface area contributed by atoms with E-state index in [1.54, 1.807) is 0 Å². The van der Waals surface area contributed by atoms with Gasteiger partial charge in [0.15, 0.2) is 6.61 Å². The molecule has 0 aromatic heterocycles. The summed E-state index contributed by atoms with van der Waals surface area (Å²) in [5, 5.41) is 9.14. The molecule has 0 spiro atoms. The summed E-state index contributed by atoms with van der Waals surface area (Å²) in [5.41, 5.74) is 2.12. The lowest BCUT2D eigenvalue weighted by Gasteiger charge is -2.22. The zero-order valence-corrected chi connectivity index (χ0v) is 13.3. The molecule has 1 saturated heterocycles. The van der Waals surface area contributed by atoms with Crippen LogP contribution in [0.15, 0.2) is 18.2 Å². The second-order valence-electron chi connectivity index (χ2n) is 6.07. The average Bonchev–Trinajstić information content (AvgIpc) is 2.94. The van der Waals surface area contributed by atoms with E-state index in [-0.39, 0.29) is 12.5 Å². The number of carboxylic acid groups (broad SMARTS) is 1. The highest BCUT2D eigenvalue weighted by Crippen LogP contribution is 2.27. The molecule has 22 heavy (non-hydrogen) atoms. The summed E-state index contributed by atoms with van der Waals surface area (Å²) in [6.07, 6.45) is 1.24. The minimum atomic E-state index is -0.940. The van der Waals surface area contributed by atoms with Crippen molar-refractivity contribution in [1.82, 2.24) is 4.90 Å². The molecule has 1 heterocycles. The number of ether oxygens (including phenoxy) is 1. The van der Waals surface area contributed by atoms with Crippen molar-refractivity contribution in [3.05, 3.63) is 29.3 Å². The molecule has 1 amide bonds. The highest BCUT2D eigenvalue weighted by molar-refractivity contribution is 5.85. The molecule has 1 aliphatic rings. The topological polar surface area (TPSA) is 66.8 Å². The van der Waals surface area contributed by atoms with Crippen LogP contribution in [0.4, 0.5) is 0 Å². The molecular formula is C17H23NO4. The van der Waals surface area contributed by atoms with Gasteiger partial charge in [-0.2, -0.15) is 0 Å². The molecule has 2 rings (SSSR count). The van der Waals surface area contributed by atoms with Gasteiger partial charge in [0.25, 0.3) is 5.91 Å². The van der Waals surface area contributed by atoms with Gasteiger partial charge in [0.05, 0.1) is 0 Å². The van der Waals surface area contributed by atoms with Gasteiger partial charge in [-0.1, -0.05) is 26.0 Å². The Labute approximate surface area is 130 Å². The van der Waals surface area contributed by atoms with E-state index in [9.17, 15) is 9.59 Å². The predicted molar refractivity (Wildman–Crippen MR) is 83.1 cm³/mol. The third kappa shape index (κ3) is 3.59. The molecule has 1 atom stereocenters. The number of carbonyl (C=O) groups excluding carboxylic acids is 1. The summed E-state index contributed by atoms with van der Waals surface area (Å²) < 4.78 is 5.70. The number of carbonyl (C=O) groups is 2. The van der Waals surface area contributed by atoms with Crippen LogP contribution in [0.3, 0.4) is 0 Å². The second-order valence-corrected chi connectivity index (χ2v) is 6.07. The van der Waals surface area contributed by atoms with E-state index >= 15 is 0 Å². The quantitative estimate of drug-likeness (QED) is 0.908. The maximum absolute atomic E-state index is 12.2. The van der Waals surface area contributed by atoms with E-state index in [2.05, 4.69) is 13.8 Å². The normalized spacial score (nSPS) is 17.8. The summed E-state index contributed by atoms with van der Waals surface area (Å²) in [6.45, 7) is 6.48. The minimum absolute atomic E-state index is 0.118. The Hall–Kier alpha value is -2.04. The van der Waals surface area contributed by atoms with Gasteiger partial charge in [-0.15, -0.1) is 0 Å². The summed E-state index contributed by atoms with van der Waals surface area (Å²) in [4.78, 5) is 24.8. The van der Waals surface area contributed by atoms with Crippen LogP contribution >= 0.6 is 0 Å². The van der Waals surface area contributed by atoms with Crippen LogP contribution in [0.1, 0.15) is 43.7 Å². The molecule has 1 aromatic rings. The van der Waals surface area contributed by atoms with Crippen molar-refractivity contribution < 1.29 is 19.4 Å². The van der Waals surface area contributed by atoms with Crippen LogP contribution in [0.5, 0.6) is 5.75 Å². The third-order valence-corrected chi connectivity index (χ3v) is 4.00. The van der Waals surface area contributed by atoms with Gasteiger partial charge in [-0.25, -0.2) is 4.79 Å². The molecule has 120 valence electrons. The Bertz CT molecular complexity index is 568.